The first-order chi connectivity index (χ1) is 13.3. The van der Waals surface area contributed by atoms with E-state index in [1.807, 2.05) is 0 Å². The van der Waals surface area contributed by atoms with Gasteiger partial charge in [0.05, 0.1) is 6.54 Å². The van der Waals surface area contributed by atoms with Crippen LogP contribution in [0, 0.1) is 0 Å². The summed E-state index contributed by atoms with van der Waals surface area (Å²) in [6.07, 6.45) is -3.75. The van der Waals surface area contributed by atoms with Crippen molar-refractivity contribution in [3.63, 3.8) is 0 Å². The van der Waals surface area contributed by atoms with Gasteiger partial charge in [0.25, 0.3) is 5.89 Å². The Labute approximate surface area is 156 Å². The highest BCUT2D eigenvalue weighted by atomic mass is 19.4. The molecule has 3 aromatic rings. The minimum atomic E-state index is -4.53. The predicted molar refractivity (Wildman–Crippen MR) is 89.5 cm³/mol. The van der Waals surface area contributed by atoms with E-state index in [0.29, 0.717) is 24.4 Å². The topological polar surface area (TPSA) is 86.3 Å². The Morgan fingerprint density at radius 1 is 1.25 bits per heavy atom. The number of benzene rings is 1. The Balaban J connectivity index is 1.58. The van der Waals surface area contributed by atoms with Gasteiger partial charge in [0, 0.05) is 17.4 Å². The first kappa shape index (κ1) is 18.0. The molecular formula is C17H14F3N5O3. The molecule has 1 unspecified atom stereocenters. The number of nitrogens with zero attached hydrogens (tertiary/aromatic N) is 5. The van der Waals surface area contributed by atoms with Crippen LogP contribution >= 0.6 is 0 Å². The Morgan fingerprint density at radius 3 is 2.75 bits per heavy atom. The molecule has 0 radical (unpaired) electrons. The van der Waals surface area contributed by atoms with Crippen LogP contribution in [0.2, 0.25) is 0 Å². The smallest absolute Gasteiger partial charge is 0.435 e. The van der Waals surface area contributed by atoms with Gasteiger partial charge >= 0.3 is 12.3 Å². The molecular weight excluding hydrogens is 379 g/mol. The van der Waals surface area contributed by atoms with E-state index in [1.54, 1.807) is 31.2 Å². The number of ether oxygens (including phenoxy) is 1. The van der Waals surface area contributed by atoms with Crippen LogP contribution in [0.4, 0.5) is 23.7 Å². The standard InChI is InChI=1S/C17H14F3N5O3/c1-10(25-6-5-13(22-25)17(18,19)20)15-21-14(23-28-15)11-3-2-4-12(9-11)24-7-8-27-16(24)26/h2-6,9-10H,7-8H2,1H3. The molecule has 3 heterocycles. The number of carbonyl (C=O) groups is 1. The van der Waals surface area contributed by atoms with Crippen molar-refractivity contribution in [2.24, 2.45) is 0 Å². The number of anilines is 1. The molecule has 1 aliphatic heterocycles. The van der Waals surface area contributed by atoms with Crippen LogP contribution < -0.4 is 4.90 Å². The minimum absolute atomic E-state index is 0.109. The second kappa shape index (κ2) is 6.66. The SMILES string of the molecule is CC(c1nc(-c2cccc(N3CCOC3=O)c2)no1)n1ccc(C(F)(F)F)n1. The highest BCUT2D eigenvalue weighted by Crippen LogP contribution is 2.29. The molecule has 0 aliphatic carbocycles. The van der Waals surface area contributed by atoms with Crippen molar-refractivity contribution < 1.29 is 27.2 Å². The molecule has 8 nitrogen and oxygen atoms in total. The molecule has 4 rings (SSSR count). The second-order valence-electron chi connectivity index (χ2n) is 6.13. The average molecular weight is 393 g/mol. The zero-order chi connectivity index (χ0) is 19.9. The molecule has 0 N–H and O–H groups in total. The monoisotopic (exact) mass is 393 g/mol. The zero-order valence-electron chi connectivity index (χ0n) is 14.6. The lowest BCUT2D eigenvalue weighted by molar-refractivity contribution is -0.141. The van der Waals surface area contributed by atoms with Gasteiger partial charge in [0.2, 0.25) is 5.82 Å². The summed E-state index contributed by atoms with van der Waals surface area (Å²) in [5.41, 5.74) is 0.224. The fourth-order valence-corrected chi connectivity index (χ4v) is 2.78. The van der Waals surface area contributed by atoms with Gasteiger partial charge in [-0.15, -0.1) is 0 Å². The highest BCUT2D eigenvalue weighted by Gasteiger charge is 2.34. The van der Waals surface area contributed by atoms with E-state index < -0.39 is 24.0 Å². The van der Waals surface area contributed by atoms with Gasteiger partial charge in [-0.25, -0.2) is 4.79 Å². The number of aromatic nitrogens is 4. The zero-order valence-corrected chi connectivity index (χ0v) is 14.6. The Kier molecular flexibility index (Phi) is 4.28. The molecule has 1 fully saturated rings. The fraction of sp³-hybridized carbons (Fsp3) is 0.294. The van der Waals surface area contributed by atoms with Gasteiger partial charge in [-0.2, -0.15) is 23.3 Å². The Hall–Kier alpha value is -3.37. The lowest BCUT2D eigenvalue weighted by Crippen LogP contribution is -2.23. The van der Waals surface area contributed by atoms with Crippen molar-refractivity contribution in [3.8, 4) is 11.4 Å². The fourth-order valence-electron chi connectivity index (χ4n) is 2.78. The first-order valence-corrected chi connectivity index (χ1v) is 8.33. The quantitative estimate of drug-likeness (QED) is 0.674. The number of alkyl halides is 3. The van der Waals surface area contributed by atoms with Crippen molar-refractivity contribution in [3.05, 3.63) is 48.1 Å². The van der Waals surface area contributed by atoms with Crippen molar-refractivity contribution in [1.29, 1.82) is 0 Å². The number of hydrogen-bond acceptors (Lipinski definition) is 6. The number of cyclic esters (lactones) is 1. The van der Waals surface area contributed by atoms with Crippen molar-refractivity contribution in [2.75, 3.05) is 18.1 Å². The summed E-state index contributed by atoms with van der Waals surface area (Å²) >= 11 is 0. The van der Waals surface area contributed by atoms with E-state index >= 15 is 0 Å². The highest BCUT2D eigenvalue weighted by molar-refractivity contribution is 5.90. The molecule has 28 heavy (non-hydrogen) atoms. The summed E-state index contributed by atoms with van der Waals surface area (Å²) < 4.78 is 49.4. The van der Waals surface area contributed by atoms with Crippen molar-refractivity contribution in [1.82, 2.24) is 19.9 Å². The van der Waals surface area contributed by atoms with Crippen LogP contribution in [-0.4, -0.2) is 39.2 Å². The third-order valence-corrected chi connectivity index (χ3v) is 4.27. The summed E-state index contributed by atoms with van der Waals surface area (Å²) in [4.78, 5) is 17.5. The lowest BCUT2D eigenvalue weighted by atomic mass is 10.2. The van der Waals surface area contributed by atoms with Crippen LogP contribution in [0.1, 0.15) is 24.6 Å². The Morgan fingerprint density at radius 2 is 2.07 bits per heavy atom. The maximum absolute atomic E-state index is 12.7. The van der Waals surface area contributed by atoms with Gasteiger partial charge in [0.15, 0.2) is 5.69 Å². The van der Waals surface area contributed by atoms with Crippen LogP contribution in [-0.2, 0) is 10.9 Å². The maximum Gasteiger partial charge on any atom is 0.435 e. The third kappa shape index (κ3) is 3.30. The molecule has 1 atom stereocenters. The molecule has 0 bridgehead atoms. The molecule has 1 amide bonds. The van der Waals surface area contributed by atoms with E-state index in [4.69, 9.17) is 9.26 Å². The maximum atomic E-state index is 12.7. The van der Waals surface area contributed by atoms with Gasteiger partial charge in [-0.3, -0.25) is 9.58 Å². The van der Waals surface area contributed by atoms with E-state index in [-0.39, 0.29) is 11.7 Å². The summed E-state index contributed by atoms with van der Waals surface area (Å²) in [5.74, 6) is 0.359. The number of carbonyl (C=O) groups excluding carboxylic acids is 1. The number of amides is 1. The Bertz CT molecular complexity index is 1010. The average Bonchev–Trinajstić information content (AvgIpc) is 3.41. The van der Waals surface area contributed by atoms with E-state index in [2.05, 4.69) is 15.2 Å². The summed E-state index contributed by atoms with van der Waals surface area (Å²) in [6, 6.07) is 7.13. The summed E-state index contributed by atoms with van der Waals surface area (Å²) in [5, 5.41) is 7.41. The molecule has 0 saturated carbocycles. The molecule has 1 saturated heterocycles. The molecule has 0 spiro atoms. The molecule has 2 aromatic heterocycles. The molecule has 1 aromatic carbocycles. The predicted octanol–water partition coefficient (Wildman–Crippen LogP) is 3.52. The largest absolute Gasteiger partial charge is 0.447 e. The normalized spacial score (nSPS) is 15.7. The van der Waals surface area contributed by atoms with Crippen LogP contribution in [0.3, 0.4) is 0 Å². The van der Waals surface area contributed by atoms with Crippen LogP contribution in [0.15, 0.2) is 41.1 Å². The summed E-state index contributed by atoms with van der Waals surface area (Å²) in [6.45, 7) is 2.36. The van der Waals surface area contributed by atoms with E-state index in [0.717, 1.165) is 10.7 Å². The van der Waals surface area contributed by atoms with Crippen molar-refractivity contribution >= 4 is 11.8 Å². The second-order valence-corrected chi connectivity index (χ2v) is 6.13. The first-order valence-electron chi connectivity index (χ1n) is 8.33. The van der Waals surface area contributed by atoms with Crippen LogP contribution in [0.25, 0.3) is 11.4 Å². The minimum Gasteiger partial charge on any atom is -0.447 e. The van der Waals surface area contributed by atoms with Gasteiger partial charge in [0.1, 0.15) is 12.6 Å². The number of halogens is 3. The summed E-state index contributed by atoms with van der Waals surface area (Å²) in [7, 11) is 0. The van der Waals surface area contributed by atoms with Gasteiger partial charge in [-0.05, 0) is 25.1 Å². The molecule has 146 valence electrons. The molecule has 1 aliphatic rings. The lowest BCUT2D eigenvalue weighted by Gasteiger charge is -2.12. The van der Waals surface area contributed by atoms with E-state index in [1.165, 1.54) is 11.1 Å². The number of rotatable bonds is 4. The van der Waals surface area contributed by atoms with Gasteiger partial charge in [-0.1, -0.05) is 17.3 Å². The van der Waals surface area contributed by atoms with Gasteiger partial charge < -0.3 is 9.26 Å². The van der Waals surface area contributed by atoms with Crippen molar-refractivity contribution in [2.45, 2.75) is 19.1 Å². The number of hydrogen-bond donors (Lipinski definition) is 0. The van der Waals surface area contributed by atoms with Crippen LogP contribution in [0.5, 0.6) is 0 Å². The van der Waals surface area contributed by atoms with E-state index in [9.17, 15) is 18.0 Å². The third-order valence-electron chi connectivity index (χ3n) is 4.27. The molecule has 11 heteroatoms.